The van der Waals surface area contributed by atoms with Crippen LogP contribution in [0.1, 0.15) is 79.7 Å². The Hall–Kier alpha value is -1.66. The number of aliphatic hydroxyl groups is 1. The van der Waals surface area contributed by atoms with E-state index in [1.54, 1.807) is 11.8 Å². The first kappa shape index (κ1) is 25.6. The van der Waals surface area contributed by atoms with E-state index in [-0.39, 0.29) is 22.9 Å². The minimum Gasteiger partial charge on any atom is -0.424 e. The predicted molar refractivity (Wildman–Crippen MR) is 129 cm³/mol. The van der Waals surface area contributed by atoms with E-state index in [0.29, 0.717) is 16.9 Å². The van der Waals surface area contributed by atoms with Gasteiger partial charge < -0.3 is 9.84 Å². The van der Waals surface area contributed by atoms with Crippen molar-refractivity contribution in [2.24, 2.45) is 11.3 Å². The summed E-state index contributed by atoms with van der Waals surface area (Å²) in [7, 11) is 0. The molecule has 31 heavy (non-hydrogen) atoms. The van der Waals surface area contributed by atoms with Crippen molar-refractivity contribution < 1.29 is 9.84 Å². The number of aliphatic hydroxyl groups excluding tert-OH is 1. The van der Waals surface area contributed by atoms with Crippen molar-refractivity contribution in [2.45, 2.75) is 90.8 Å². The molecule has 2 aromatic rings. The molecular weight excluding hydrogens is 406 g/mol. The second-order valence-electron chi connectivity index (χ2n) is 10.2. The third-order valence-electron chi connectivity index (χ3n) is 5.55. The number of nitrogens with zero attached hydrogens (tertiary/aromatic N) is 3. The van der Waals surface area contributed by atoms with Crippen molar-refractivity contribution in [3.8, 4) is 11.8 Å². The molecule has 2 unspecified atom stereocenters. The maximum atomic E-state index is 10.7. The summed E-state index contributed by atoms with van der Waals surface area (Å²) in [6.07, 6.45) is 5.16. The van der Waals surface area contributed by atoms with Crippen LogP contribution in [0.5, 0.6) is 11.8 Å². The minimum absolute atomic E-state index is 0.0559. The summed E-state index contributed by atoms with van der Waals surface area (Å²) in [6.45, 7) is 15.3. The van der Waals surface area contributed by atoms with Crippen LogP contribution in [0.4, 0.5) is 0 Å². The number of hydrogen-bond acceptors (Lipinski definition) is 6. The summed E-state index contributed by atoms with van der Waals surface area (Å²) >= 11 is 1.58. The van der Waals surface area contributed by atoms with Crippen LogP contribution in [-0.4, -0.2) is 31.9 Å². The van der Waals surface area contributed by atoms with Gasteiger partial charge >= 0.3 is 6.01 Å². The molecule has 0 aliphatic rings. The Labute approximate surface area is 192 Å². The van der Waals surface area contributed by atoms with E-state index in [4.69, 9.17) is 4.74 Å². The van der Waals surface area contributed by atoms with Crippen LogP contribution in [0.25, 0.3) is 0 Å². The molecule has 0 saturated carbocycles. The molecule has 0 aliphatic carbocycles. The van der Waals surface area contributed by atoms with Crippen LogP contribution in [0.15, 0.2) is 35.7 Å². The fourth-order valence-electron chi connectivity index (χ4n) is 3.61. The molecule has 0 fully saturated rings. The Balaban J connectivity index is 1.95. The molecule has 0 saturated heterocycles. The topological polar surface area (TPSA) is 68.1 Å². The van der Waals surface area contributed by atoms with Gasteiger partial charge in [0.15, 0.2) is 5.16 Å². The molecule has 1 aromatic carbocycles. The van der Waals surface area contributed by atoms with Gasteiger partial charge in [0.05, 0.1) is 6.10 Å². The molecule has 5 nitrogen and oxygen atoms in total. The zero-order chi connectivity index (χ0) is 23.1. The summed E-state index contributed by atoms with van der Waals surface area (Å²) < 4.78 is 5.84. The molecule has 1 N–H and O–H groups in total. The van der Waals surface area contributed by atoms with Gasteiger partial charge in [-0.3, -0.25) is 0 Å². The quantitative estimate of drug-likeness (QED) is 0.413. The summed E-state index contributed by atoms with van der Waals surface area (Å²) in [5.41, 5.74) is 1.41. The highest BCUT2D eigenvalue weighted by atomic mass is 32.2. The normalized spacial score (nSPS) is 14.3. The van der Waals surface area contributed by atoms with E-state index in [2.05, 4.69) is 75.6 Å². The predicted octanol–water partition coefficient (Wildman–Crippen LogP) is 6.66. The Kier molecular flexibility index (Phi) is 9.31. The van der Waals surface area contributed by atoms with Gasteiger partial charge in [-0.1, -0.05) is 85.2 Å². The van der Waals surface area contributed by atoms with Gasteiger partial charge in [0, 0.05) is 5.75 Å². The van der Waals surface area contributed by atoms with Crippen molar-refractivity contribution in [3.63, 3.8) is 0 Å². The van der Waals surface area contributed by atoms with E-state index < -0.39 is 0 Å². The number of rotatable bonds is 10. The molecule has 0 radical (unpaired) electrons. The highest BCUT2D eigenvalue weighted by Gasteiger charge is 2.30. The summed E-state index contributed by atoms with van der Waals surface area (Å²) in [6, 6.07) is 8.34. The van der Waals surface area contributed by atoms with Crippen LogP contribution in [0.2, 0.25) is 0 Å². The van der Waals surface area contributed by atoms with Crippen LogP contribution in [0, 0.1) is 11.3 Å². The molecule has 172 valence electrons. The van der Waals surface area contributed by atoms with Gasteiger partial charge in [-0.25, -0.2) is 4.98 Å². The molecule has 0 amide bonds. The Morgan fingerprint density at radius 2 is 1.68 bits per heavy atom. The van der Waals surface area contributed by atoms with Crippen molar-refractivity contribution in [3.05, 3.63) is 36.2 Å². The molecule has 1 heterocycles. The highest BCUT2D eigenvalue weighted by Crippen LogP contribution is 2.35. The van der Waals surface area contributed by atoms with Gasteiger partial charge in [-0.15, -0.1) is 0 Å². The third kappa shape index (κ3) is 8.41. The first-order valence-corrected chi connectivity index (χ1v) is 12.3. The molecule has 0 bridgehead atoms. The average molecular weight is 446 g/mol. The smallest absolute Gasteiger partial charge is 0.325 e. The Bertz CT molecular complexity index is 798. The van der Waals surface area contributed by atoms with Gasteiger partial charge in [-0.2, -0.15) is 9.97 Å². The monoisotopic (exact) mass is 445 g/mol. The molecule has 2 rings (SSSR count). The summed E-state index contributed by atoms with van der Waals surface area (Å²) in [5, 5.41) is 11.3. The van der Waals surface area contributed by atoms with E-state index in [1.807, 2.05) is 12.1 Å². The van der Waals surface area contributed by atoms with Gasteiger partial charge in [0.1, 0.15) is 12.1 Å². The maximum absolute atomic E-state index is 10.7. The Morgan fingerprint density at radius 3 is 2.26 bits per heavy atom. The maximum Gasteiger partial charge on any atom is 0.325 e. The van der Waals surface area contributed by atoms with E-state index in [0.717, 1.165) is 31.4 Å². The largest absolute Gasteiger partial charge is 0.424 e. The van der Waals surface area contributed by atoms with Crippen LogP contribution >= 0.6 is 11.8 Å². The van der Waals surface area contributed by atoms with Crippen LogP contribution in [0.3, 0.4) is 0 Å². The number of ether oxygens (including phenoxy) is 1. The molecule has 6 heteroatoms. The minimum atomic E-state index is -0.270. The number of benzene rings is 1. The third-order valence-corrected chi connectivity index (χ3v) is 6.44. The van der Waals surface area contributed by atoms with Gasteiger partial charge in [0.25, 0.3) is 0 Å². The lowest BCUT2D eigenvalue weighted by atomic mass is 9.74. The van der Waals surface area contributed by atoms with Crippen molar-refractivity contribution in [1.29, 1.82) is 0 Å². The zero-order valence-electron chi connectivity index (χ0n) is 20.2. The van der Waals surface area contributed by atoms with Crippen LogP contribution in [-0.2, 0) is 5.41 Å². The average Bonchev–Trinajstić information content (AvgIpc) is 2.68. The lowest BCUT2D eigenvalue weighted by Gasteiger charge is -2.34. The van der Waals surface area contributed by atoms with Gasteiger partial charge in [0.2, 0.25) is 0 Å². The second-order valence-corrected chi connectivity index (χ2v) is 11.3. The van der Waals surface area contributed by atoms with Crippen molar-refractivity contribution in [1.82, 2.24) is 15.0 Å². The fourth-order valence-corrected chi connectivity index (χ4v) is 4.43. The van der Waals surface area contributed by atoms with E-state index in [1.165, 1.54) is 11.9 Å². The second kappa shape index (κ2) is 11.3. The number of unbranched alkanes of at least 4 members (excludes halogenated alkanes) is 1. The molecule has 0 aliphatic heterocycles. The lowest BCUT2D eigenvalue weighted by molar-refractivity contribution is 0.0335. The zero-order valence-corrected chi connectivity index (χ0v) is 21.0. The number of thioether (sulfide) groups is 1. The number of hydrogen-bond donors (Lipinski definition) is 1. The van der Waals surface area contributed by atoms with Crippen LogP contribution < -0.4 is 4.74 Å². The standard InChI is InChI=1S/C25H39N3O2S/c1-8-9-10-21(29)20(25(5,6)7)15-16-31-23-27-17-26-22(28-23)30-19-13-11-18(12-14-19)24(2,3)4/h11-14,17,20-21,29H,8-10,15-16H2,1-7H3. The first-order valence-electron chi connectivity index (χ1n) is 11.3. The highest BCUT2D eigenvalue weighted by molar-refractivity contribution is 7.99. The van der Waals surface area contributed by atoms with E-state index in [9.17, 15) is 5.11 Å². The molecular formula is C25H39N3O2S. The van der Waals surface area contributed by atoms with Crippen molar-refractivity contribution in [2.75, 3.05) is 5.75 Å². The first-order chi connectivity index (χ1) is 14.5. The van der Waals surface area contributed by atoms with Gasteiger partial charge in [-0.05, 0) is 47.3 Å². The fraction of sp³-hybridized carbons (Fsp3) is 0.640. The molecule has 0 spiro atoms. The summed E-state index contributed by atoms with van der Waals surface area (Å²) in [4.78, 5) is 12.9. The Morgan fingerprint density at radius 1 is 1.00 bits per heavy atom. The molecule has 2 atom stereocenters. The number of aromatic nitrogens is 3. The molecule has 1 aromatic heterocycles. The summed E-state index contributed by atoms with van der Waals surface area (Å²) in [5.74, 6) is 1.79. The van der Waals surface area contributed by atoms with Crippen molar-refractivity contribution >= 4 is 11.8 Å². The SMILES string of the molecule is CCCCC(O)C(CCSc1ncnc(Oc2ccc(C(C)(C)C)cc2)n1)C(C)(C)C. The lowest BCUT2D eigenvalue weighted by Crippen LogP contribution is -2.32. The van der Waals surface area contributed by atoms with E-state index >= 15 is 0 Å².